The van der Waals surface area contributed by atoms with E-state index < -0.39 is 0 Å². The predicted molar refractivity (Wildman–Crippen MR) is 114 cm³/mol. The van der Waals surface area contributed by atoms with Gasteiger partial charge in [-0.05, 0) is 50.1 Å². The van der Waals surface area contributed by atoms with E-state index in [1.165, 1.54) is 16.8 Å². The number of thiazole rings is 1. The number of amides is 1. The SMILES string of the molecule is CCCCn1nc(C(=O)Nc2ccc(Sc3nc(C)cs3)cc2C)ccc1=O. The Bertz CT molecular complexity index is 1040. The fourth-order valence-corrected chi connectivity index (χ4v) is 4.45. The van der Waals surface area contributed by atoms with Crippen molar-refractivity contribution in [1.29, 1.82) is 0 Å². The summed E-state index contributed by atoms with van der Waals surface area (Å²) in [4.78, 5) is 30.0. The number of hydrogen-bond acceptors (Lipinski definition) is 6. The first kappa shape index (κ1) is 20.3. The molecule has 2 aromatic heterocycles. The monoisotopic (exact) mass is 414 g/mol. The molecule has 0 unspecified atom stereocenters. The van der Waals surface area contributed by atoms with E-state index in [2.05, 4.69) is 15.4 Å². The van der Waals surface area contributed by atoms with E-state index >= 15 is 0 Å². The van der Waals surface area contributed by atoms with Gasteiger partial charge in [0.2, 0.25) is 0 Å². The van der Waals surface area contributed by atoms with Crippen molar-refractivity contribution in [3.63, 3.8) is 0 Å². The molecule has 0 aliphatic heterocycles. The lowest BCUT2D eigenvalue weighted by molar-refractivity contribution is 0.101. The van der Waals surface area contributed by atoms with Gasteiger partial charge in [-0.25, -0.2) is 9.67 Å². The van der Waals surface area contributed by atoms with E-state index in [0.717, 1.165) is 39.0 Å². The molecule has 146 valence electrons. The summed E-state index contributed by atoms with van der Waals surface area (Å²) < 4.78 is 2.34. The number of hydrogen-bond donors (Lipinski definition) is 1. The van der Waals surface area contributed by atoms with E-state index in [1.54, 1.807) is 23.1 Å². The number of nitrogens with one attached hydrogen (secondary N) is 1. The van der Waals surface area contributed by atoms with Crippen LogP contribution in [0.3, 0.4) is 0 Å². The van der Waals surface area contributed by atoms with Crippen molar-refractivity contribution in [2.24, 2.45) is 0 Å². The van der Waals surface area contributed by atoms with Crippen LogP contribution >= 0.6 is 23.1 Å². The zero-order chi connectivity index (χ0) is 20.1. The molecular formula is C20H22N4O2S2. The Kier molecular flexibility index (Phi) is 6.64. The molecule has 6 nitrogen and oxygen atoms in total. The first-order valence-corrected chi connectivity index (χ1v) is 10.8. The Morgan fingerprint density at radius 1 is 1.25 bits per heavy atom. The molecule has 0 spiro atoms. The molecule has 1 amide bonds. The minimum atomic E-state index is -0.329. The van der Waals surface area contributed by atoms with Crippen molar-refractivity contribution in [3.8, 4) is 0 Å². The number of carbonyl (C=O) groups is 1. The molecule has 0 bridgehead atoms. The van der Waals surface area contributed by atoms with Gasteiger partial charge in [0.1, 0.15) is 5.69 Å². The van der Waals surface area contributed by atoms with Gasteiger partial charge in [-0.1, -0.05) is 25.1 Å². The number of nitrogens with zero attached hydrogens (tertiary/aromatic N) is 3. The Balaban J connectivity index is 1.72. The van der Waals surface area contributed by atoms with Gasteiger partial charge in [0.05, 0.1) is 0 Å². The highest BCUT2D eigenvalue weighted by Crippen LogP contribution is 2.32. The van der Waals surface area contributed by atoms with Crippen molar-refractivity contribution in [1.82, 2.24) is 14.8 Å². The molecule has 0 saturated heterocycles. The van der Waals surface area contributed by atoms with Crippen molar-refractivity contribution >= 4 is 34.7 Å². The summed E-state index contributed by atoms with van der Waals surface area (Å²) in [5, 5.41) is 9.10. The highest BCUT2D eigenvalue weighted by molar-refractivity contribution is 8.01. The van der Waals surface area contributed by atoms with Crippen LogP contribution in [0.25, 0.3) is 0 Å². The average Bonchev–Trinajstić information content (AvgIpc) is 3.08. The Hall–Kier alpha value is -2.45. The molecule has 0 aliphatic carbocycles. The minimum absolute atomic E-state index is 0.194. The minimum Gasteiger partial charge on any atom is -0.320 e. The molecule has 0 radical (unpaired) electrons. The predicted octanol–water partition coefficient (Wildman–Crippen LogP) is 4.52. The van der Waals surface area contributed by atoms with Crippen LogP contribution in [0.2, 0.25) is 0 Å². The van der Waals surface area contributed by atoms with Gasteiger partial charge in [0.25, 0.3) is 11.5 Å². The first-order valence-electron chi connectivity index (χ1n) is 9.06. The summed E-state index contributed by atoms with van der Waals surface area (Å²) in [6, 6.07) is 8.71. The third-order valence-corrected chi connectivity index (χ3v) is 6.12. The first-order chi connectivity index (χ1) is 13.5. The fourth-order valence-electron chi connectivity index (χ4n) is 2.54. The summed E-state index contributed by atoms with van der Waals surface area (Å²) in [5.74, 6) is -0.329. The standard InChI is InChI=1S/C20H22N4O2S2/c1-4-5-10-24-18(25)9-8-17(23-24)19(26)22-16-7-6-15(11-13(16)2)28-20-21-14(3)12-27-20/h6-9,11-12H,4-5,10H2,1-3H3,(H,22,26). The van der Waals surface area contributed by atoms with Crippen LogP contribution in [0, 0.1) is 13.8 Å². The van der Waals surface area contributed by atoms with Crippen LogP contribution < -0.4 is 10.9 Å². The maximum Gasteiger partial charge on any atom is 0.276 e. The molecule has 0 fully saturated rings. The van der Waals surface area contributed by atoms with Crippen molar-refractivity contribution < 1.29 is 4.79 Å². The number of rotatable bonds is 7. The number of anilines is 1. The average molecular weight is 415 g/mol. The molecule has 28 heavy (non-hydrogen) atoms. The number of aryl methyl sites for hydroxylation is 3. The van der Waals surface area contributed by atoms with E-state index in [1.807, 2.05) is 44.4 Å². The largest absolute Gasteiger partial charge is 0.320 e. The third kappa shape index (κ3) is 5.08. The number of aromatic nitrogens is 3. The van der Waals surface area contributed by atoms with Crippen LogP contribution in [0.5, 0.6) is 0 Å². The third-order valence-electron chi connectivity index (χ3n) is 4.07. The summed E-state index contributed by atoms with van der Waals surface area (Å²) in [7, 11) is 0. The van der Waals surface area contributed by atoms with Crippen molar-refractivity contribution in [2.75, 3.05) is 5.32 Å². The highest BCUT2D eigenvalue weighted by Gasteiger charge is 2.12. The molecule has 1 aromatic carbocycles. The van der Waals surface area contributed by atoms with Gasteiger partial charge in [-0.2, -0.15) is 5.10 Å². The lowest BCUT2D eigenvalue weighted by atomic mass is 10.2. The van der Waals surface area contributed by atoms with E-state index in [9.17, 15) is 9.59 Å². The number of carbonyl (C=O) groups excluding carboxylic acids is 1. The molecule has 0 aliphatic rings. The van der Waals surface area contributed by atoms with Crippen molar-refractivity contribution in [2.45, 2.75) is 49.4 Å². The van der Waals surface area contributed by atoms with Gasteiger partial charge in [-0.15, -0.1) is 11.3 Å². The fraction of sp³-hybridized carbons (Fsp3) is 0.300. The van der Waals surface area contributed by atoms with Gasteiger partial charge in [0.15, 0.2) is 4.34 Å². The van der Waals surface area contributed by atoms with Gasteiger partial charge >= 0.3 is 0 Å². The van der Waals surface area contributed by atoms with Crippen LogP contribution in [-0.2, 0) is 6.54 Å². The Morgan fingerprint density at radius 2 is 2.07 bits per heavy atom. The Labute approximate surface area is 172 Å². The van der Waals surface area contributed by atoms with Crippen molar-refractivity contribution in [3.05, 3.63) is 63.0 Å². The van der Waals surface area contributed by atoms with E-state index in [0.29, 0.717) is 6.54 Å². The van der Waals surface area contributed by atoms with Gasteiger partial charge in [0, 0.05) is 34.3 Å². The summed E-state index contributed by atoms with van der Waals surface area (Å²) >= 11 is 3.22. The van der Waals surface area contributed by atoms with Crippen LogP contribution in [0.15, 0.2) is 49.7 Å². The molecule has 3 rings (SSSR count). The number of benzene rings is 1. The Morgan fingerprint density at radius 3 is 2.75 bits per heavy atom. The number of unbranched alkanes of at least 4 members (excludes halogenated alkanes) is 1. The second-order valence-electron chi connectivity index (χ2n) is 6.42. The smallest absolute Gasteiger partial charge is 0.276 e. The summed E-state index contributed by atoms with van der Waals surface area (Å²) in [6.45, 7) is 6.48. The molecule has 2 heterocycles. The highest BCUT2D eigenvalue weighted by atomic mass is 32.2. The van der Waals surface area contributed by atoms with E-state index in [-0.39, 0.29) is 17.2 Å². The van der Waals surface area contributed by atoms with Crippen LogP contribution in [0.4, 0.5) is 5.69 Å². The molecule has 1 N–H and O–H groups in total. The summed E-state index contributed by atoms with van der Waals surface area (Å²) in [5.41, 5.74) is 2.72. The zero-order valence-corrected chi connectivity index (χ0v) is 17.7. The van der Waals surface area contributed by atoms with Gasteiger partial charge in [-0.3, -0.25) is 9.59 Å². The molecule has 0 atom stereocenters. The lowest BCUT2D eigenvalue weighted by Crippen LogP contribution is -2.26. The van der Waals surface area contributed by atoms with E-state index in [4.69, 9.17) is 0 Å². The second-order valence-corrected chi connectivity index (χ2v) is 8.60. The lowest BCUT2D eigenvalue weighted by Gasteiger charge is -2.10. The molecule has 0 saturated carbocycles. The quantitative estimate of drug-likeness (QED) is 0.615. The van der Waals surface area contributed by atoms with Crippen LogP contribution in [-0.4, -0.2) is 20.7 Å². The molecule has 8 heteroatoms. The van der Waals surface area contributed by atoms with Gasteiger partial charge < -0.3 is 5.32 Å². The molecule has 3 aromatic rings. The molecular weight excluding hydrogens is 392 g/mol. The normalized spacial score (nSPS) is 10.8. The summed E-state index contributed by atoms with van der Waals surface area (Å²) in [6.07, 6.45) is 1.80. The van der Waals surface area contributed by atoms with Crippen LogP contribution in [0.1, 0.15) is 41.5 Å². The second kappa shape index (κ2) is 9.16. The maximum absolute atomic E-state index is 12.6. The zero-order valence-electron chi connectivity index (χ0n) is 16.1. The topological polar surface area (TPSA) is 76.9 Å². The maximum atomic E-state index is 12.6.